The Bertz CT molecular complexity index is 1230. The van der Waals surface area contributed by atoms with E-state index in [1.165, 1.54) is 22.4 Å². The largest absolute Gasteiger partial charge is 0.494 e. The Kier molecular flexibility index (Phi) is 10.3. The minimum atomic E-state index is -0.793. The van der Waals surface area contributed by atoms with Gasteiger partial charge in [0, 0.05) is 41.4 Å². The number of nitrogens with zero attached hydrogens (tertiary/aromatic N) is 1. The highest BCUT2D eigenvalue weighted by molar-refractivity contribution is 7.99. The molecule has 38 heavy (non-hydrogen) atoms. The maximum absolute atomic E-state index is 10.7. The Morgan fingerprint density at radius 3 is 2.34 bits per heavy atom. The highest BCUT2D eigenvalue weighted by Gasteiger charge is 2.21. The predicted octanol–water partition coefficient (Wildman–Crippen LogP) is 7.90. The van der Waals surface area contributed by atoms with Crippen LogP contribution in [-0.2, 0) is 4.79 Å². The number of allylic oxidation sites excluding steroid dienone is 4. The summed E-state index contributed by atoms with van der Waals surface area (Å²) in [7, 11) is 0. The van der Waals surface area contributed by atoms with Crippen molar-refractivity contribution >= 4 is 17.7 Å². The molecule has 3 aromatic rings. The lowest BCUT2D eigenvalue weighted by Gasteiger charge is -2.30. The van der Waals surface area contributed by atoms with Gasteiger partial charge in [-0.15, -0.1) is 11.8 Å². The van der Waals surface area contributed by atoms with Crippen molar-refractivity contribution in [1.29, 1.82) is 0 Å². The Morgan fingerprint density at radius 1 is 0.974 bits per heavy atom. The second-order valence-corrected chi connectivity index (χ2v) is 10.3. The SMILES string of the molecule is CC/C=C1/C=CC(C(c2ccccc2)c2ccccc2)=CN1CCSc1cccc(OCCCC(=O)O)c1. The van der Waals surface area contributed by atoms with Crippen LogP contribution in [0.1, 0.15) is 43.2 Å². The van der Waals surface area contributed by atoms with Gasteiger partial charge in [-0.05, 0) is 53.8 Å². The predicted molar refractivity (Wildman–Crippen MR) is 157 cm³/mol. The maximum atomic E-state index is 10.7. The molecule has 196 valence electrons. The molecule has 0 unspecified atom stereocenters. The van der Waals surface area contributed by atoms with Crippen LogP contribution in [0.5, 0.6) is 5.75 Å². The third kappa shape index (κ3) is 7.90. The van der Waals surface area contributed by atoms with Gasteiger partial charge in [0.2, 0.25) is 0 Å². The number of thioether (sulfide) groups is 1. The molecule has 1 N–H and O–H groups in total. The highest BCUT2D eigenvalue weighted by atomic mass is 32.2. The molecule has 0 fully saturated rings. The third-order valence-electron chi connectivity index (χ3n) is 6.31. The van der Waals surface area contributed by atoms with Crippen LogP contribution in [0.2, 0.25) is 0 Å². The van der Waals surface area contributed by atoms with Gasteiger partial charge in [0.05, 0.1) is 6.61 Å². The highest BCUT2D eigenvalue weighted by Crippen LogP contribution is 2.35. The normalized spacial score (nSPS) is 14.1. The summed E-state index contributed by atoms with van der Waals surface area (Å²) in [4.78, 5) is 14.2. The van der Waals surface area contributed by atoms with Crippen molar-refractivity contribution in [1.82, 2.24) is 4.90 Å². The van der Waals surface area contributed by atoms with E-state index in [2.05, 4.69) is 103 Å². The van der Waals surface area contributed by atoms with E-state index in [4.69, 9.17) is 9.84 Å². The minimum Gasteiger partial charge on any atom is -0.494 e. The smallest absolute Gasteiger partial charge is 0.303 e. The van der Waals surface area contributed by atoms with Gasteiger partial charge in [-0.1, -0.05) is 85.8 Å². The van der Waals surface area contributed by atoms with Crippen LogP contribution in [0.4, 0.5) is 0 Å². The van der Waals surface area contributed by atoms with Crippen molar-refractivity contribution in [3.63, 3.8) is 0 Å². The zero-order valence-electron chi connectivity index (χ0n) is 21.8. The van der Waals surface area contributed by atoms with Crippen LogP contribution >= 0.6 is 11.8 Å². The molecule has 0 atom stereocenters. The molecule has 1 heterocycles. The van der Waals surface area contributed by atoms with Gasteiger partial charge >= 0.3 is 5.97 Å². The summed E-state index contributed by atoms with van der Waals surface area (Å²) >= 11 is 1.80. The van der Waals surface area contributed by atoms with E-state index < -0.39 is 5.97 Å². The van der Waals surface area contributed by atoms with Gasteiger partial charge in [-0.2, -0.15) is 0 Å². The van der Waals surface area contributed by atoms with Crippen molar-refractivity contribution in [2.75, 3.05) is 18.9 Å². The minimum absolute atomic E-state index is 0.122. The summed E-state index contributed by atoms with van der Waals surface area (Å²) in [5, 5.41) is 8.80. The van der Waals surface area contributed by atoms with Crippen LogP contribution in [0.25, 0.3) is 0 Å². The summed E-state index contributed by atoms with van der Waals surface area (Å²) in [6.45, 7) is 3.46. The molecule has 1 aliphatic rings. The molecule has 0 radical (unpaired) electrons. The molecule has 0 spiro atoms. The second-order valence-electron chi connectivity index (χ2n) is 9.12. The monoisotopic (exact) mass is 525 g/mol. The maximum Gasteiger partial charge on any atom is 0.303 e. The van der Waals surface area contributed by atoms with Crippen LogP contribution in [0.3, 0.4) is 0 Å². The lowest BCUT2D eigenvalue weighted by Crippen LogP contribution is -2.23. The molecule has 0 aliphatic carbocycles. The molecular formula is C33H35NO3S. The first kappa shape index (κ1) is 27.3. The van der Waals surface area contributed by atoms with Gasteiger partial charge < -0.3 is 14.7 Å². The summed E-state index contributed by atoms with van der Waals surface area (Å²) in [6.07, 6.45) is 10.7. The molecule has 0 bridgehead atoms. The Balaban J connectivity index is 1.46. The molecule has 0 amide bonds. The number of hydrogen-bond donors (Lipinski definition) is 1. The van der Waals surface area contributed by atoms with Crippen molar-refractivity contribution in [3.8, 4) is 5.75 Å². The number of carboxylic acids is 1. The summed E-state index contributed by atoms with van der Waals surface area (Å²) < 4.78 is 5.75. The Morgan fingerprint density at radius 2 is 1.68 bits per heavy atom. The standard InChI is InChI=1S/C33H35NO3S/c1-2-11-29-20-19-28(33(26-12-5-3-6-13-26)27-14-7-4-8-15-27)25-34(29)21-23-38-31-17-9-16-30(24-31)37-22-10-18-32(35)36/h3-9,11-17,19-20,24-25,33H,2,10,18,21-23H2,1H3,(H,35,36)/b29-11-. The van der Waals surface area contributed by atoms with E-state index in [1.54, 1.807) is 11.8 Å². The van der Waals surface area contributed by atoms with Gasteiger partial charge in [-0.25, -0.2) is 0 Å². The van der Waals surface area contributed by atoms with Gasteiger partial charge in [-0.3, -0.25) is 4.79 Å². The average Bonchev–Trinajstić information content (AvgIpc) is 2.94. The summed E-state index contributed by atoms with van der Waals surface area (Å²) in [5.74, 6) is 1.08. The van der Waals surface area contributed by atoms with Crippen molar-refractivity contribution in [2.24, 2.45) is 0 Å². The van der Waals surface area contributed by atoms with Crippen LogP contribution < -0.4 is 4.74 Å². The molecule has 0 saturated heterocycles. The van der Waals surface area contributed by atoms with E-state index in [0.29, 0.717) is 13.0 Å². The molecule has 5 heteroatoms. The molecule has 0 saturated carbocycles. The molecule has 3 aromatic carbocycles. The quantitative estimate of drug-likeness (QED) is 0.182. The zero-order chi connectivity index (χ0) is 26.6. The number of rotatable bonds is 13. The number of ether oxygens (including phenoxy) is 1. The van der Waals surface area contributed by atoms with E-state index in [9.17, 15) is 4.79 Å². The molecule has 4 nitrogen and oxygen atoms in total. The molecule has 4 rings (SSSR count). The third-order valence-corrected chi connectivity index (χ3v) is 7.28. The number of hydrogen-bond acceptors (Lipinski definition) is 4. The fraction of sp³-hybridized carbons (Fsp3) is 0.242. The number of benzene rings is 3. The first-order chi connectivity index (χ1) is 18.6. The summed E-state index contributed by atoms with van der Waals surface area (Å²) in [5.41, 5.74) is 5.07. The van der Waals surface area contributed by atoms with E-state index in [0.717, 1.165) is 29.4 Å². The fourth-order valence-electron chi connectivity index (χ4n) is 4.53. The first-order valence-electron chi connectivity index (χ1n) is 13.2. The van der Waals surface area contributed by atoms with Crippen LogP contribution in [0, 0.1) is 0 Å². The fourth-order valence-corrected chi connectivity index (χ4v) is 5.43. The van der Waals surface area contributed by atoms with Crippen LogP contribution in [0.15, 0.2) is 126 Å². The molecule has 1 aliphatic heterocycles. The average molecular weight is 526 g/mol. The van der Waals surface area contributed by atoms with Gasteiger partial charge in [0.1, 0.15) is 5.75 Å². The first-order valence-corrected chi connectivity index (χ1v) is 14.2. The van der Waals surface area contributed by atoms with E-state index in [1.807, 2.05) is 18.2 Å². The summed E-state index contributed by atoms with van der Waals surface area (Å²) in [6, 6.07) is 29.5. The Hall–Kier alpha value is -3.70. The number of aliphatic carboxylic acids is 1. The number of carboxylic acid groups (broad SMARTS) is 1. The Labute approximate surface area is 230 Å². The van der Waals surface area contributed by atoms with E-state index in [-0.39, 0.29) is 12.3 Å². The lowest BCUT2D eigenvalue weighted by atomic mass is 9.84. The zero-order valence-corrected chi connectivity index (χ0v) is 22.6. The van der Waals surface area contributed by atoms with Crippen molar-refractivity contribution in [2.45, 2.75) is 37.0 Å². The van der Waals surface area contributed by atoms with Crippen LogP contribution in [-0.4, -0.2) is 34.9 Å². The van der Waals surface area contributed by atoms with Crippen molar-refractivity contribution < 1.29 is 14.6 Å². The molecular weight excluding hydrogens is 490 g/mol. The van der Waals surface area contributed by atoms with E-state index >= 15 is 0 Å². The number of carbonyl (C=O) groups is 1. The van der Waals surface area contributed by atoms with Gasteiger partial charge in [0.15, 0.2) is 0 Å². The van der Waals surface area contributed by atoms with Gasteiger partial charge in [0.25, 0.3) is 0 Å². The topological polar surface area (TPSA) is 49.8 Å². The molecule has 0 aromatic heterocycles. The lowest BCUT2D eigenvalue weighted by molar-refractivity contribution is -0.137. The second kappa shape index (κ2) is 14.3. The van der Waals surface area contributed by atoms with Crippen molar-refractivity contribution in [3.05, 3.63) is 132 Å².